The van der Waals surface area contributed by atoms with E-state index >= 15 is 0 Å². The Morgan fingerprint density at radius 1 is 1.00 bits per heavy atom. The molecule has 0 N–H and O–H groups in total. The van der Waals surface area contributed by atoms with Crippen molar-refractivity contribution in [2.24, 2.45) is 0 Å². The molecule has 0 aliphatic heterocycles. The van der Waals surface area contributed by atoms with Crippen molar-refractivity contribution in [3.63, 3.8) is 0 Å². The summed E-state index contributed by atoms with van der Waals surface area (Å²) in [5.74, 6) is 0.0642. The maximum atomic E-state index is 12.2. The number of halogens is 1. The zero-order chi connectivity index (χ0) is 12.5. The fourth-order valence-electron chi connectivity index (χ4n) is 2.19. The minimum absolute atomic E-state index is 0.0642. The first-order valence-corrected chi connectivity index (χ1v) is 6.63. The first kappa shape index (κ1) is 11.4. The first-order valence-electron chi connectivity index (χ1n) is 5.84. The molecule has 3 rings (SSSR count). The lowest BCUT2D eigenvalue weighted by Crippen LogP contribution is -2.03. The predicted octanol–water partition coefficient (Wildman–Crippen LogP) is 4.43. The quantitative estimate of drug-likeness (QED) is 0.692. The third-order valence-electron chi connectivity index (χ3n) is 3.12. The van der Waals surface area contributed by atoms with Crippen LogP contribution in [0.4, 0.5) is 0 Å². The smallest absolute Gasteiger partial charge is 0.187 e. The molecule has 0 bridgehead atoms. The average molecular weight is 299 g/mol. The van der Waals surface area contributed by atoms with E-state index in [0.717, 1.165) is 33.2 Å². The lowest BCUT2D eigenvalue weighted by molar-refractivity contribution is 0.104. The third-order valence-corrected chi connectivity index (χ3v) is 3.67. The van der Waals surface area contributed by atoms with Gasteiger partial charge in [0.1, 0.15) is 0 Å². The topological polar surface area (TPSA) is 17.1 Å². The molecule has 2 aliphatic rings. The fraction of sp³-hybridized carbons (Fsp3) is 0.0625. The van der Waals surface area contributed by atoms with Crippen LogP contribution in [-0.4, -0.2) is 5.78 Å². The number of hydrogen-bond donors (Lipinski definition) is 0. The maximum Gasteiger partial charge on any atom is 0.187 e. The Morgan fingerprint density at radius 2 is 1.83 bits per heavy atom. The van der Waals surface area contributed by atoms with Crippen molar-refractivity contribution in [1.82, 2.24) is 0 Å². The van der Waals surface area contributed by atoms with Crippen molar-refractivity contribution in [3.8, 4) is 0 Å². The SMILES string of the molecule is O=C1/C=C2/C=C(Br)CC=C2/C=C\c2ccccc21. The van der Waals surface area contributed by atoms with Crippen LogP contribution < -0.4 is 0 Å². The second-order valence-electron chi connectivity index (χ2n) is 4.34. The van der Waals surface area contributed by atoms with Gasteiger partial charge in [0.15, 0.2) is 5.78 Å². The lowest BCUT2D eigenvalue weighted by atomic mass is 9.92. The molecule has 0 fully saturated rings. The van der Waals surface area contributed by atoms with Crippen molar-refractivity contribution in [3.05, 3.63) is 75.3 Å². The van der Waals surface area contributed by atoms with Gasteiger partial charge in [-0.05, 0) is 39.8 Å². The van der Waals surface area contributed by atoms with E-state index in [0.29, 0.717) is 0 Å². The van der Waals surface area contributed by atoms with Crippen LogP contribution in [0.5, 0.6) is 0 Å². The minimum atomic E-state index is 0.0642. The minimum Gasteiger partial charge on any atom is -0.289 e. The Balaban J connectivity index is 2.17. The Morgan fingerprint density at radius 3 is 2.72 bits per heavy atom. The van der Waals surface area contributed by atoms with Gasteiger partial charge in [0.25, 0.3) is 0 Å². The van der Waals surface area contributed by atoms with Gasteiger partial charge in [0.2, 0.25) is 0 Å². The number of fused-ring (bicyclic) bond motifs is 2. The predicted molar refractivity (Wildman–Crippen MR) is 77.6 cm³/mol. The van der Waals surface area contributed by atoms with Crippen LogP contribution in [0.15, 0.2) is 64.2 Å². The van der Waals surface area contributed by atoms with Gasteiger partial charge in [0, 0.05) is 5.56 Å². The highest BCUT2D eigenvalue weighted by Gasteiger charge is 2.14. The van der Waals surface area contributed by atoms with Gasteiger partial charge in [0.05, 0.1) is 0 Å². The molecular weight excluding hydrogens is 288 g/mol. The average Bonchev–Trinajstić information content (AvgIpc) is 2.36. The molecule has 0 saturated carbocycles. The molecule has 0 saturated heterocycles. The summed E-state index contributed by atoms with van der Waals surface area (Å²) < 4.78 is 1.10. The molecule has 1 nitrogen and oxygen atoms in total. The highest BCUT2D eigenvalue weighted by atomic mass is 79.9. The zero-order valence-corrected chi connectivity index (χ0v) is 11.3. The maximum absolute atomic E-state index is 12.2. The fourth-order valence-corrected chi connectivity index (χ4v) is 2.60. The van der Waals surface area contributed by atoms with Crippen LogP contribution in [0.1, 0.15) is 22.3 Å². The Hall–Kier alpha value is -1.67. The van der Waals surface area contributed by atoms with Crippen molar-refractivity contribution >= 4 is 27.8 Å². The van der Waals surface area contributed by atoms with E-state index in [9.17, 15) is 4.79 Å². The van der Waals surface area contributed by atoms with E-state index in [4.69, 9.17) is 0 Å². The summed E-state index contributed by atoms with van der Waals surface area (Å²) >= 11 is 3.49. The molecule has 0 atom stereocenters. The molecule has 1 aromatic carbocycles. The van der Waals surface area contributed by atoms with E-state index in [1.807, 2.05) is 36.4 Å². The van der Waals surface area contributed by atoms with E-state index in [1.54, 1.807) is 6.08 Å². The molecule has 0 amide bonds. The van der Waals surface area contributed by atoms with Crippen LogP contribution in [0.2, 0.25) is 0 Å². The monoisotopic (exact) mass is 298 g/mol. The lowest BCUT2D eigenvalue weighted by Gasteiger charge is -2.14. The molecule has 1 aromatic rings. The first-order chi connectivity index (χ1) is 8.74. The van der Waals surface area contributed by atoms with Crippen LogP contribution >= 0.6 is 15.9 Å². The normalized spacial score (nSPS) is 22.5. The van der Waals surface area contributed by atoms with E-state index in [1.165, 1.54) is 0 Å². The van der Waals surface area contributed by atoms with E-state index < -0.39 is 0 Å². The summed E-state index contributed by atoms with van der Waals surface area (Å²) in [5, 5.41) is 0. The highest BCUT2D eigenvalue weighted by Crippen LogP contribution is 2.29. The Labute approximate surface area is 114 Å². The molecule has 0 spiro atoms. The largest absolute Gasteiger partial charge is 0.289 e. The summed E-state index contributed by atoms with van der Waals surface area (Å²) in [6.07, 6.45) is 10.8. The van der Waals surface area contributed by atoms with Gasteiger partial charge >= 0.3 is 0 Å². The Bertz CT molecular complexity index is 645. The third kappa shape index (κ3) is 2.04. The number of carbonyl (C=O) groups excluding carboxylic acids is 1. The van der Waals surface area contributed by atoms with Crippen LogP contribution in [0, 0.1) is 0 Å². The van der Waals surface area contributed by atoms with E-state index in [-0.39, 0.29) is 5.78 Å². The molecule has 0 heterocycles. The molecule has 2 aliphatic carbocycles. The second kappa shape index (κ2) is 4.54. The molecule has 0 radical (unpaired) electrons. The molecular formula is C16H11BrO. The molecule has 0 unspecified atom stereocenters. The van der Waals surface area contributed by atoms with Gasteiger partial charge in [-0.3, -0.25) is 4.79 Å². The van der Waals surface area contributed by atoms with Crippen molar-refractivity contribution in [2.75, 3.05) is 0 Å². The molecule has 88 valence electrons. The van der Waals surface area contributed by atoms with Gasteiger partial charge in [-0.2, -0.15) is 0 Å². The van der Waals surface area contributed by atoms with Gasteiger partial charge in [-0.15, -0.1) is 0 Å². The number of benzene rings is 1. The van der Waals surface area contributed by atoms with Crippen molar-refractivity contribution in [1.29, 1.82) is 0 Å². The number of hydrogen-bond acceptors (Lipinski definition) is 1. The summed E-state index contributed by atoms with van der Waals surface area (Å²) in [4.78, 5) is 12.2. The number of carbonyl (C=O) groups is 1. The number of ketones is 1. The highest BCUT2D eigenvalue weighted by molar-refractivity contribution is 9.11. The number of rotatable bonds is 0. The van der Waals surface area contributed by atoms with Gasteiger partial charge in [-0.1, -0.05) is 58.4 Å². The van der Waals surface area contributed by atoms with Crippen LogP contribution in [0.25, 0.3) is 6.08 Å². The summed E-state index contributed by atoms with van der Waals surface area (Å²) in [5.41, 5.74) is 3.83. The van der Waals surface area contributed by atoms with E-state index in [2.05, 4.69) is 28.1 Å². The van der Waals surface area contributed by atoms with Crippen molar-refractivity contribution in [2.45, 2.75) is 6.42 Å². The molecule has 18 heavy (non-hydrogen) atoms. The standard InChI is InChI=1S/C16H11BrO/c17-14-8-7-11-5-6-12-3-1-2-4-15(12)16(18)10-13(11)9-14/h1-7,9-10H,8H2/b6-5-,13-10-. The summed E-state index contributed by atoms with van der Waals surface area (Å²) in [7, 11) is 0. The van der Waals surface area contributed by atoms with Crippen molar-refractivity contribution < 1.29 is 4.79 Å². The summed E-state index contributed by atoms with van der Waals surface area (Å²) in [6, 6.07) is 7.69. The molecule has 0 aromatic heterocycles. The van der Waals surface area contributed by atoms with Crippen LogP contribution in [0.3, 0.4) is 0 Å². The zero-order valence-electron chi connectivity index (χ0n) is 9.69. The summed E-state index contributed by atoms with van der Waals surface area (Å²) in [6.45, 7) is 0. The number of allylic oxidation sites excluding steroid dienone is 7. The molecule has 2 heteroatoms. The van der Waals surface area contributed by atoms with Gasteiger partial charge < -0.3 is 0 Å². The van der Waals surface area contributed by atoms with Crippen LogP contribution in [-0.2, 0) is 0 Å². The Kier molecular flexibility index (Phi) is 2.88. The van der Waals surface area contributed by atoms with Gasteiger partial charge in [-0.25, -0.2) is 0 Å². The second-order valence-corrected chi connectivity index (χ2v) is 5.36.